The van der Waals surface area contributed by atoms with Gasteiger partial charge >= 0.3 is 0 Å². The normalized spacial score (nSPS) is 10.0. The molecule has 0 heterocycles. The van der Waals surface area contributed by atoms with Crippen LogP contribution >= 0.6 is 0 Å². The van der Waals surface area contributed by atoms with Gasteiger partial charge in [-0.15, -0.1) is 0 Å². The number of methoxy groups -OCH3 is 2. The fourth-order valence-electron chi connectivity index (χ4n) is 1.62. The smallest absolute Gasteiger partial charge is 0.238 e. The highest BCUT2D eigenvalue weighted by Crippen LogP contribution is 2.26. The average Bonchev–Trinajstić information content (AvgIpc) is 2.45. The van der Waals surface area contributed by atoms with Crippen LogP contribution in [-0.4, -0.2) is 45.7 Å². The summed E-state index contributed by atoms with van der Waals surface area (Å²) in [6.45, 7) is 2.67. The molecule has 0 bridgehead atoms. The fourth-order valence-corrected chi connectivity index (χ4v) is 1.62. The van der Waals surface area contributed by atoms with Gasteiger partial charge in [0.2, 0.25) is 11.8 Å². The Hall–Kier alpha value is -2.12. The van der Waals surface area contributed by atoms with E-state index in [4.69, 9.17) is 9.47 Å². The van der Waals surface area contributed by atoms with E-state index in [0.29, 0.717) is 30.3 Å². The highest BCUT2D eigenvalue weighted by Gasteiger charge is 2.09. The van der Waals surface area contributed by atoms with Gasteiger partial charge in [0.15, 0.2) is 0 Å². The van der Waals surface area contributed by atoms with Crippen LogP contribution in [0.5, 0.6) is 5.75 Å². The van der Waals surface area contributed by atoms with E-state index in [1.807, 2.05) is 0 Å². The number of hydrogen-bond acceptors (Lipinski definition) is 5. The molecule has 0 atom stereocenters. The molecule has 1 aromatic carbocycles. The van der Waals surface area contributed by atoms with E-state index in [9.17, 15) is 9.59 Å². The predicted octanol–water partition coefficient (Wildman–Crippen LogP) is 0.828. The molecule has 21 heavy (non-hydrogen) atoms. The first-order chi connectivity index (χ1) is 10.1. The quantitative estimate of drug-likeness (QED) is 0.618. The Morgan fingerprint density at radius 3 is 2.52 bits per heavy atom. The van der Waals surface area contributed by atoms with Crippen LogP contribution in [0.3, 0.4) is 0 Å². The SMILES string of the molecule is COCCNCC(=O)Nc1cc(OC)ccc1NC(C)=O. The lowest BCUT2D eigenvalue weighted by atomic mass is 10.2. The van der Waals surface area contributed by atoms with Crippen LogP contribution in [0.1, 0.15) is 6.92 Å². The molecule has 0 spiro atoms. The number of carbonyl (C=O) groups is 2. The van der Waals surface area contributed by atoms with E-state index >= 15 is 0 Å². The van der Waals surface area contributed by atoms with Crippen molar-refractivity contribution in [3.63, 3.8) is 0 Å². The van der Waals surface area contributed by atoms with Crippen LogP contribution in [0, 0.1) is 0 Å². The zero-order valence-electron chi connectivity index (χ0n) is 12.5. The molecule has 0 aliphatic carbocycles. The van der Waals surface area contributed by atoms with Crippen molar-refractivity contribution in [2.75, 3.05) is 44.5 Å². The number of anilines is 2. The summed E-state index contributed by atoms with van der Waals surface area (Å²) in [5.74, 6) is 0.159. The maximum absolute atomic E-state index is 11.8. The fraction of sp³-hybridized carbons (Fsp3) is 0.429. The summed E-state index contributed by atoms with van der Waals surface area (Å²) in [6, 6.07) is 5.03. The third-order valence-corrected chi connectivity index (χ3v) is 2.58. The monoisotopic (exact) mass is 295 g/mol. The second-order valence-electron chi connectivity index (χ2n) is 4.31. The van der Waals surface area contributed by atoms with Gasteiger partial charge in [0.1, 0.15) is 5.75 Å². The van der Waals surface area contributed by atoms with Crippen molar-refractivity contribution in [1.29, 1.82) is 0 Å². The third-order valence-electron chi connectivity index (χ3n) is 2.58. The average molecular weight is 295 g/mol. The Morgan fingerprint density at radius 2 is 1.90 bits per heavy atom. The minimum absolute atomic E-state index is 0.153. The zero-order valence-corrected chi connectivity index (χ0v) is 12.5. The van der Waals surface area contributed by atoms with Crippen molar-refractivity contribution >= 4 is 23.2 Å². The van der Waals surface area contributed by atoms with Crippen molar-refractivity contribution in [3.8, 4) is 5.75 Å². The highest BCUT2D eigenvalue weighted by atomic mass is 16.5. The van der Waals surface area contributed by atoms with Gasteiger partial charge in [-0.3, -0.25) is 9.59 Å². The van der Waals surface area contributed by atoms with Crippen molar-refractivity contribution in [3.05, 3.63) is 18.2 Å². The molecule has 0 unspecified atom stereocenters. The lowest BCUT2D eigenvalue weighted by Gasteiger charge is -2.13. The zero-order chi connectivity index (χ0) is 15.7. The molecular weight excluding hydrogens is 274 g/mol. The number of nitrogens with one attached hydrogen (secondary N) is 3. The van der Waals surface area contributed by atoms with Crippen molar-refractivity contribution in [2.24, 2.45) is 0 Å². The molecule has 0 aliphatic rings. The number of rotatable bonds is 8. The summed E-state index contributed by atoms with van der Waals surface area (Å²) in [6.07, 6.45) is 0. The van der Waals surface area contributed by atoms with Crippen LogP contribution in [0.4, 0.5) is 11.4 Å². The molecule has 0 saturated heterocycles. The lowest BCUT2D eigenvalue weighted by Crippen LogP contribution is -2.30. The molecule has 1 aromatic rings. The van der Waals surface area contributed by atoms with Crippen molar-refractivity contribution in [2.45, 2.75) is 6.92 Å². The molecule has 1 rings (SSSR count). The Bertz CT molecular complexity index is 491. The van der Waals surface area contributed by atoms with E-state index in [1.165, 1.54) is 14.0 Å². The van der Waals surface area contributed by atoms with Gasteiger partial charge in [-0.1, -0.05) is 0 Å². The second-order valence-corrected chi connectivity index (χ2v) is 4.31. The predicted molar refractivity (Wildman–Crippen MR) is 80.7 cm³/mol. The molecule has 7 nitrogen and oxygen atoms in total. The Labute approximate surface area is 124 Å². The minimum atomic E-state index is -0.217. The molecular formula is C14H21N3O4. The molecule has 2 amide bonds. The van der Waals surface area contributed by atoms with Crippen molar-refractivity contribution < 1.29 is 19.1 Å². The topological polar surface area (TPSA) is 88.7 Å². The molecule has 0 aromatic heterocycles. The van der Waals surface area contributed by atoms with Gasteiger partial charge < -0.3 is 25.4 Å². The molecule has 116 valence electrons. The Kier molecular flexibility index (Phi) is 7.20. The summed E-state index contributed by atoms with van der Waals surface area (Å²) < 4.78 is 9.99. The lowest BCUT2D eigenvalue weighted by molar-refractivity contribution is -0.116. The van der Waals surface area contributed by atoms with Gasteiger partial charge in [0.25, 0.3) is 0 Å². The first-order valence-corrected chi connectivity index (χ1v) is 6.52. The first-order valence-electron chi connectivity index (χ1n) is 6.52. The largest absolute Gasteiger partial charge is 0.497 e. The second kappa shape index (κ2) is 8.93. The van der Waals surface area contributed by atoms with E-state index in [2.05, 4.69) is 16.0 Å². The maximum Gasteiger partial charge on any atom is 0.238 e. The molecule has 0 saturated carbocycles. The van der Waals surface area contributed by atoms with Crippen LogP contribution in [0.25, 0.3) is 0 Å². The van der Waals surface area contributed by atoms with E-state index in [-0.39, 0.29) is 18.4 Å². The van der Waals surface area contributed by atoms with Gasteiger partial charge in [-0.2, -0.15) is 0 Å². The summed E-state index contributed by atoms with van der Waals surface area (Å²) >= 11 is 0. The maximum atomic E-state index is 11.8. The highest BCUT2D eigenvalue weighted by molar-refractivity contribution is 5.99. The molecule has 7 heteroatoms. The summed E-state index contributed by atoms with van der Waals surface area (Å²) in [4.78, 5) is 23.0. The number of ether oxygens (including phenoxy) is 2. The Balaban J connectivity index is 2.69. The van der Waals surface area contributed by atoms with E-state index < -0.39 is 0 Å². The van der Waals surface area contributed by atoms with Gasteiger partial charge in [0, 0.05) is 26.6 Å². The van der Waals surface area contributed by atoms with Gasteiger partial charge in [-0.05, 0) is 12.1 Å². The number of amides is 2. The van der Waals surface area contributed by atoms with Crippen LogP contribution in [0.15, 0.2) is 18.2 Å². The van der Waals surface area contributed by atoms with Gasteiger partial charge in [0.05, 0.1) is 31.6 Å². The summed E-state index contributed by atoms with van der Waals surface area (Å²) in [5.41, 5.74) is 1.01. The minimum Gasteiger partial charge on any atom is -0.497 e. The van der Waals surface area contributed by atoms with Crippen molar-refractivity contribution in [1.82, 2.24) is 5.32 Å². The molecule has 0 radical (unpaired) electrons. The molecule has 3 N–H and O–H groups in total. The van der Waals surface area contributed by atoms with Crippen LogP contribution in [0.2, 0.25) is 0 Å². The molecule has 0 aliphatic heterocycles. The number of benzene rings is 1. The van der Waals surface area contributed by atoms with E-state index in [0.717, 1.165) is 0 Å². The first kappa shape index (κ1) is 16.9. The Morgan fingerprint density at radius 1 is 1.14 bits per heavy atom. The number of carbonyl (C=O) groups excluding carboxylic acids is 2. The standard InChI is InChI=1S/C14H21N3O4/c1-10(18)16-12-5-4-11(21-3)8-13(12)17-14(19)9-15-6-7-20-2/h4-5,8,15H,6-7,9H2,1-3H3,(H,16,18)(H,17,19). The summed E-state index contributed by atoms with van der Waals surface area (Å²) in [7, 11) is 3.13. The van der Waals surface area contributed by atoms with E-state index in [1.54, 1.807) is 25.3 Å². The van der Waals surface area contributed by atoms with Gasteiger partial charge in [-0.25, -0.2) is 0 Å². The summed E-state index contributed by atoms with van der Waals surface area (Å²) in [5, 5.41) is 8.33. The number of hydrogen-bond donors (Lipinski definition) is 3. The van der Waals surface area contributed by atoms with Crippen LogP contribution < -0.4 is 20.7 Å². The molecule has 0 fully saturated rings. The van der Waals surface area contributed by atoms with Crippen LogP contribution in [-0.2, 0) is 14.3 Å². The third kappa shape index (κ3) is 6.24.